The van der Waals surface area contributed by atoms with Gasteiger partial charge in [0.2, 0.25) is 0 Å². The predicted octanol–water partition coefficient (Wildman–Crippen LogP) is 5.21. The maximum absolute atomic E-state index is 6.63. The van der Waals surface area contributed by atoms with Crippen molar-refractivity contribution in [1.82, 2.24) is 0 Å². The Hall–Kier alpha value is 0.690. The van der Waals surface area contributed by atoms with E-state index in [0.29, 0.717) is 6.10 Å². The first-order valence-electron chi connectivity index (χ1n) is 7.78. The topological polar surface area (TPSA) is 9.23 Å². The summed E-state index contributed by atoms with van der Waals surface area (Å²) in [7, 11) is 0. The second-order valence-electron chi connectivity index (χ2n) is 7.01. The third kappa shape index (κ3) is 3.62. The summed E-state index contributed by atoms with van der Waals surface area (Å²) in [6.45, 7) is 7.19. The van der Waals surface area contributed by atoms with E-state index in [0.717, 1.165) is 17.8 Å². The van der Waals surface area contributed by atoms with Crippen LogP contribution in [0.2, 0.25) is 0 Å². The van der Waals surface area contributed by atoms with Gasteiger partial charge in [0.25, 0.3) is 0 Å². The average Bonchev–Trinajstić information content (AvgIpc) is 2.37. The highest BCUT2D eigenvalue weighted by atomic mass is 127. The molecular weight excluding hydrogens is 335 g/mol. The summed E-state index contributed by atoms with van der Waals surface area (Å²) < 4.78 is 7.81. The first-order valence-corrected chi connectivity index (χ1v) is 9.31. The molecule has 3 unspecified atom stereocenters. The second kappa shape index (κ2) is 6.43. The van der Waals surface area contributed by atoms with Crippen molar-refractivity contribution in [2.45, 2.75) is 77.4 Å². The van der Waals surface area contributed by atoms with E-state index in [-0.39, 0.29) is 5.60 Å². The molecule has 2 fully saturated rings. The summed E-state index contributed by atoms with van der Waals surface area (Å²) in [4.78, 5) is 0. The molecule has 18 heavy (non-hydrogen) atoms. The molecule has 0 aromatic rings. The van der Waals surface area contributed by atoms with Crippen molar-refractivity contribution in [2.24, 2.45) is 17.8 Å². The molecule has 1 nitrogen and oxygen atoms in total. The molecule has 106 valence electrons. The van der Waals surface area contributed by atoms with Crippen LogP contribution in [0.4, 0.5) is 0 Å². The molecule has 2 saturated carbocycles. The summed E-state index contributed by atoms with van der Waals surface area (Å²) in [5, 5.41) is 0. The molecule has 0 amide bonds. The van der Waals surface area contributed by atoms with Gasteiger partial charge in [0.15, 0.2) is 0 Å². The van der Waals surface area contributed by atoms with Crippen molar-refractivity contribution >= 4 is 22.6 Å². The van der Waals surface area contributed by atoms with Crippen LogP contribution in [0.1, 0.15) is 65.7 Å². The molecule has 0 radical (unpaired) electrons. The van der Waals surface area contributed by atoms with Crippen LogP contribution in [0, 0.1) is 17.8 Å². The number of alkyl halides is 1. The van der Waals surface area contributed by atoms with Crippen molar-refractivity contribution in [2.75, 3.05) is 4.43 Å². The third-order valence-corrected chi connectivity index (χ3v) is 6.79. The first-order chi connectivity index (χ1) is 8.54. The summed E-state index contributed by atoms with van der Waals surface area (Å²) in [6.07, 6.45) is 9.78. The molecule has 0 aromatic carbocycles. The van der Waals surface area contributed by atoms with Crippen LogP contribution in [-0.4, -0.2) is 16.1 Å². The summed E-state index contributed by atoms with van der Waals surface area (Å²) in [5.74, 6) is 2.65. The van der Waals surface area contributed by atoms with Gasteiger partial charge < -0.3 is 4.74 Å². The van der Waals surface area contributed by atoms with Crippen LogP contribution in [0.15, 0.2) is 0 Å². The average molecular weight is 364 g/mol. The Balaban J connectivity index is 1.90. The summed E-state index contributed by atoms with van der Waals surface area (Å²) in [5.41, 5.74) is 0.220. The molecule has 2 aliphatic rings. The standard InChI is InChI=1S/C16H29IO/c1-12-6-8-16(11-17,9-7-12)18-15-5-4-13(2)14(3)10-15/h12-15H,4-11H2,1-3H3. The van der Waals surface area contributed by atoms with Crippen LogP contribution in [0.5, 0.6) is 0 Å². The van der Waals surface area contributed by atoms with Crippen LogP contribution >= 0.6 is 22.6 Å². The molecule has 0 heterocycles. The molecule has 3 atom stereocenters. The molecule has 2 rings (SSSR count). The number of hydrogen-bond donors (Lipinski definition) is 0. The molecule has 0 aromatic heterocycles. The smallest absolute Gasteiger partial charge is 0.0775 e. The number of rotatable bonds is 3. The zero-order valence-electron chi connectivity index (χ0n) is 12.3. The van der Waals surface area contributed by atoms with Crippen molar-refractivity contribution in [3.05, 3.63) is 0 Å². The minimum atomic E-state index is 0.220. The number of ether oxygens (including phenoxy) is 1. The van der Waals surface area contributed by atoms with Gasteiger partial charge >= 0.3 is 0 Å². The Kier molecular flexibility index (Phi) is 5.39. The molecule has 0 bridgehead atoms. The van der Waals surface area contributed by atoms with E-state index in [4.69, 9.17) is 4.74 Å². The lowest BCUT2D eigenvalue weighted by molar-refractivity contribution is -0.122. The fourth-order valence-electron chi connectivity index (χ4n) is 3.53. The van der Waals surface area contributed by atoms with Gasteiger partial charge in [-0.15, -0.1) is 0 Å². The van der Waals surface area contributed by atoms with Crippen LogP contribution in [0.25, 0.3) is 0 Å². The predicted molar refractivity (Wildman–Crippen MR) is 86.3 cm³/mol. The Labute approximate surface area is 127 Å². The van der Waals surface area contributed by atoms with Crippen molar-refractivity contribution < 1.29 is 4.74 Å². The van der Waals surface area contributed by atoms with Crippen LogP contribution in [-0.2, 0) is 4.74 Å². The van der Waals surface area contributed by atoms with Crippen LogP contribution in [0.3, 0.4) is 0 Å². The maximum atomic E-state index is 6.63. The SMILES string of the molecule is CC1CCC(CI)(OC2CCC(C)C(C)C2)CC1. The van der Waals surface area contributed by atoms with E-state index in [1.807, 2.05) is 0 Å². The van der Waals surface area contributed by atoms with E-state index in [1.165, 1.54) is 49.4 Å². The Morgan fingerprint density at radius 3 is 2.22 bits per heavy atom. The van der Waals surface area contributed by atoms with Gasteiger partial charge in [0.1, 0.15) is 0 Å². The molecule has 0 saturated heterocycles. The molecule has 0 spiro atoms. The second-order valence-corrected chi connectivity index (χ2v) is 7.77. The largest absolute Gasteiger partial charge is 0.371 e. The lowest BCUT2D eigenvalue weighted by Gasteiger charge is -2.43. The maximum Gasteiger partial charge on any atom is 0.0775 e. The normalized spacial score (nSPS) is 46.0. The van der Waals surface area contributed by atoms with Gasteiger partial charge in [-0.3, -0.25) is 0 Å². The van der Waals surface area contributed by atoms with Crippen molar-refractivity contribution in [1.29, 1.82) is 0 Å². The first kappa shape index (κ1) is 15.1. The zero-order chi connectivity index (χ0) is 13.2. The molecule has 0 N–H and O–H groups in total. The van der Waals surface area contributed by atoms with E-state index in [1.54, 1.807) is 0 Å². The van der Waals surface area contributed by atoms with Gasteiger partial charge in [-0.2, -0.15) is 0 Å². The third-order valence-electron chi connectivity index (χ3n) is 5.40. The fourth-order valence-corrected chi connectivity index (χ4v) is 4.47. The Morgan fingerprint density at radius 2 is 1.67 bits per heavy atom. The summed E-state index contributed by atoms with van der Waals surface area (Å²) in [6, 6.07) is 0. The summed E-state index contributed by atoms with van der Waals surface area (Å²) >= 11 is 2.55. The van der Waals surface area contributed by atoms with E-state index in [9.17, 15) is 0 Å². The number of halogens is 1. The zero-order valence-corrected chi connectivity index (χ0v) is 14.4. The molecule has 2 heteroatoms. The Morgan fingerprint density at radius 1 is 1.00 bits per heavy atom. The fraction of sp³-hybridized carbons (Fsp3) is 1.00. The lowest BCUT2D eigenvalue weighted by atomic mass is 9.78. The highest BCUT2D eigenvalue weighted by Gasteiger charge is 2.38. The molecule has 0 aliphatic heterocycles. The number of hydrogen-bond acceptors (Lipinski definition) is 1. The van der Waals surface area contributed by atoms with Gasteiger partial charge in [0.05, 0.1) is 11.7 Å². The highest BCUT2D eigenvalue weighted by molar-refractivity contribution is 14.1. The van der Waals surface area contributed by atoms with E-state index < -0.39 is 0 Å². The monoisotopic (exact) mass is 364 g/mol. The minimum Gasteiger partial charge on any atom is -0.371 e. The molecular formula is C16H29IO. The Bertz CT molecular complexity index is 258. The van der Waals surface area contributed by atoms with Crippen molar-refractivity contribution in [3.8, 4) is 0 Å². The van der Waals surface area contributed by atoms with E-state index in [2.05, 4.69) is 43.4 Å². The van der Waals surface area contributed by atoms with Gasteiger partial charge in [0, 0.05) is 4.43 Å². The van der Waals surface area contributed by atoms with Crippen molar-refractivity contribution in [3.63, 3.8) is 0 Å². The van der Waals surface area contributed by atoms with Gasteiger partial charge in [-0.25, -0.2) is 0 Å². The lowest BCUT2D eigenvalue weighted by Crippen LogP contribution is -2.43. The van der Waals surface area contributed by atoms with Crippen LogP contribution < -0.4 is 0 Å². The molecule has 2 aliphatic carbocycles. The van der Waals surface area contributed by atoms with E-state index >= 15 is 0 Å². The minimum absolute atomic E-state index is 0.220. The van der Waals surface area contributed by atoms with Gasteiger partial charge in [-0.1, -0.05) is 43.4 Å². The van der Waals surface area contributed by atoms with Gasteiger partial charge in [-0.05, 0) is 62.7 Å². The highest BCUT2D eigenvalue weighted by Crippen LogP contribution is 2.40. The quantitative estimate of drug-likeness (QED) is 0.493.